The van der Waals surface area contributed by atoms with Crippen molar-refractivity contribution >= 4 is 11.6 Å². The molecule has 0 saturated heterocycles. The third-order valence-corrected chi connectivity index (χ3v) is 3.03. The van der Waals surface area contributed by atoms with Crippen molar-refractivity contribution in [1.82, 2.24) is 5.01 Å². The van der Waals surface area contributed by atoms with E-state index in [2.05, 4.69) is 5.10 Å². The van der Waals surface area contributed by atoms with Crippen molar-refractivity contribution < 1.29 is 23.1 Å². The van der Waals surface area contributed by atoms with Crippen LogP contribution in [0.25, 0.3) is 0 Å². The molecule has 0 aliphatic carbocycles. The van der Waals surface area contributed by atoms with Gasteiger partial charge in [-0.2, -0.15) is 23.3 Å². The second kappa shape index (κ2) is 4.59. The molecule has 2 rings (SSSR count). The lowest BCUT2D eigenvalue weighted by atomic mass is 10.1. The zero-order chi connectivity index (χ0) is 15.1. The fraction of sp³-hybridized carbons (Fsp3) is 0.385. The Morgan fingerprint density at radius 1 is 1.40 bits per heavy atom. The van der Waals surface area contributed by atoms with E-state index in [1.54, 1.807) is 19.1 Å². The summed E-state index contributed by atoms with van der Waals surface area (Å²) in [6.07, 6.45) is -5.72. The second-order valence-electron chi connectivity index (χ2n) is 4.81. The maximum atomic E-state index is 13.0. The molecule has 7 heteroatoms. The Hall–Kier alpha value is -1.89. The molecular formula is C13H13F3N2O2. The number of aliphatic hydroxyl groups is 1. The number of benzene rings is 1. The van der Waals surface area contributed by atoms with Gasteiger partial charge in [-0.15, -0.1) is 0 Å². The molecule has 0 saturated carbocycles. The standard InChI is InChI=1S/C13H13F3N2O2/c1-8-4-3-5-10(6-8)11(19)18-12(20,13(14,15)16)7-9(2)17-18/h3-6,20H,7H2,1-2H3. The summed E-state index contributed by atoms with van der Waals surface area (Å²) in [4.78, 5) is 12.2. The molecule has 1 aliphatic rings. The molecule has 20 heavy (non-hydrogen) atoms. The molecule has 0 radical (unpaired) electrons. The summed E-state index contributed by atoms with van der Waals surface area (Å²) in [5, 5.41) is 13.5. The highest BCUT2D eigenvalue weighted by Crippen LogP contribution is 2.40. The molecule has 0 aromatic heterocycles. The van der Waals surface area contributed by atoms with Gasteiger partial charge in [-0.25, -0.2) is 0 Å². The van der Waals surface area contributed by atoms with E-state index in [9.17, 15) is 23.1 Å². The number of alkyl halides is 3. The van der Waals surface area contributed by atoms with Crippen molar-refractivity contribution in [3.05, 3.63) is 35.4 Å². The Morgan fingerprint density at radius 2 is 2.05 bits per heavy atom. The number of hydrazone groups is 1. The van der Waals surface area contributed by atoms with Crippen molar-refractivity contribution in [2.24, 2.45) is 5.10 Å². The van der Waals surface area contributed by atoms with Crippen LogP contribution in [0.5, 0.6) is 0 Å². The fourth-order valence-electron chi connectivity index (χ4n) is 2.05. The van der Waals surface area contributed by atoms with E-state index in [4.69, 9.17) is 0 Å². The van der Waals surface area contributed by atoms with Gasteiger partial charge in [0.1, 0.15) is 0 Å². The van der Waals surface area contributed by atoms with Gasteiger partial charge in [-0.05, 0) is 26.0 Å². The Kier molecular flexibility index (Phi) is 3.33. The molecule has 1 N–H and O–H groups in total. The first kappa shape index (κ1) is 14.5. The van der Waals surface area contributed by atoms with Gasteiger partial charge in [-0.1, -0.05) is 17.7 Å². The van der Waals surface area contributed by atoms with Crippen LogP contribution in [-0.2, 0) is 0 Å². The first-order valence-corrected chi connectivity index (χ1v) is 5.89. The number of hydrogen-bond acceptors (Lipinski definition) is 3. The molecule has 1 heterocycles. The fourth-order valence-corrected chi connectivity index (χ4v) is 2.05. The normalized spacial score (nSPS) is 22.9. The zero-order valence-electron chi connectivity index (χ0n) is 10.9. The van der Waals surface area contributed by atoms with Gasteiger partial charge in [0.15, 0.2) is 0 Å². The van der Waals surface area contributed by atoms with E-state index in [0.717, 1.165) is 5.56 Å². The van der Waals surface area contributed by atoms with Gasteiger partial charge in [-0.3, -0.25) is 4.79 Å². The van der Waals surface area contributed by atoms with Crippen LogP contribution in [0.3, 0.4) is 0 Å². The van der Waals surface area contributed by atoms with Crippen LogP contribution in [0.15, 0.2) is 29.4 Å². The van der Waals surface area contributed by atoms with Crippen molar-refractivity contribution in [3.8, 4) is 0 Å². The zero-order valence-corrected chi connectivity index (χ0v) is 10.9. The lowest BCUT2D eigenvalue weighted by Gasteiger charge is -2.32. The van der Waals surface area contributed by atoms with Crippen LogP contribution in [0.4, 0.5) is 13.2 Å². The van der Waals surface area contributed by atoms with E-state index in [-0.39, 0.29) is 16.3 Å². The predicted molar refractivity (Wildman–Crippen MR) is 66.1 cm³/mol. The summed E-state index contributed by atoms with van der Waals surface area (Å²) in [5.41, 5.74) is -2.46. The second-order valence-corrected chi connectivity index (χ2v) is 4.81. The molecule has 1 aromatic rings. The smallest absolute Gasteiger partial charge is 0.362 e. The summed E-state index contributed by atoms with van der Waals surface area (Å²) in [7, 11) is 0. The number of amides is 1. The number of halogens is 3. The van der Waals surface area contributed by atoms with Gasteiger partial charge < -0.3 is 5.11 Å². The summed E-state index contributed by atoms with van der Waals surface area (Å²) < 4.78 is 39.0. The lowest BCUT2D eigenvalue weighted by molar-refractivity contribution is -0.297. The first-order chi connectivity index (χ1) is 9.15. The van der Waals surface area contributed by atoms with Crippen molar-refractivity contribution in [2.75, 3.05) is 0 Å². The van der Waals surface area contributed by atoms with Crippen molar-refractivity contribution in [2.45, 2.75) is 32.2 Å². The highest BCUT2D eigenvalue weighted by molar-refractivity contribution is 5.98. The van der Waals surface area contributed by atoms with Crippen LogP contribution >= 0.6 is 0 Å². The monoisotopic (exact) mass is 286 g/mol. The average molecular weight is 286 g/mol. The number of hydrogen-bond donors (Lipinski definition) is 1. The SMILES string of the molecule is CC1=NN(C(=O)c2cccc(C)c2)C(O)(C(F)(F)F)C1. The van der Waals surface area contributed by atoms with E-state index >= 15 is 0 Å². The van der Waals surface area contributed by atoms with Gasteiger partial charge in [0.25, 0.3) is 11.6 Å². The Balaban J connectivity index is 2.42. The third kappa shape index (κ3) is 2.29. The molecule has 4 nitrogen and oxygen atoms in total. The maximum absolute atomic E-state index is 13.0. The Bertz CT molecular complexity index is 583. The third-order valence-electron chi connectivity index (χ3n) is 3.03. The van der Waals surface area contributed by atoms with Crippen LogP contribution in [-0.4, -0.2) is 33.6 Å². The van der Waals surface area contributed by atoms with Crippen LogP contribution in [0.1, 0.15) is 29.3 Å². The minimum absolute atomic E-state index is 0.0471. The minimum atomic E-state index is -4.98. The summed E-state index contributed by atoms with van der Waals surface area (Å²) in [6.45, 7) is 3.05. The number of carbonyl (C=O) groups is 1. The number of aryl methyl sites for hydroxylation is 1. The number of carbonyl (C=O) groups excluding carboxylic acids is 1. The molecule has 1 unspecified atom stereocenters. The molecular weight excluding hydrogens is 273 g/mol. The lowest BCUT2D eigenvalue weighted by Crippen LogP contribution is -2.56. The van der Waals surface area contributed by atoms with Crippen LogP contribution < -0.4 is 0 Å². The van der Waals surface area contributed by atoms with Gasteiger partial charge in [0.05, 0.1) is 0 Å². The minimum Gasteiger partial charge on any atom is -0.362 e. The molecule has 0 fully saturated rings. The van der Waals surface area contributed by atoms with Gasteiger partial charge >= 0.3 is 6.18 Å². The highest BCUT2D eigenvalue weighted by Gasteiger charge is 2.62. The van der Waals surface area contributed by atoms with Crippen LogP contribution in [0.2, 0.25) is 0 Å². The molecule has 1 aliphatic heterocycles. The highest BCUT2D eigenvalue weighted by atomic mass is 19.4. The molecule has 0 spiro atoms. The number of rotatable bonds is 1. The summed E-state index contributed by atoms with van der Waals surface area (Å²) in [6, 6.07) is 6.10. The summed E-state index contributed by atoms with van der Waals surface area (Å²) in [5.74, 6) is -0.981. The molecule has 1 amide bonds. The average Bonchev–Trinajstić information content (AvgIpc) is 2.64. The van der Waals surface area contributed by atoms with E-state index in [0.29, 0.717) is 0 Å². The van der Waals surface area contributed by atoms with Gasteiger partial charge in [0, 0.05) is 17.7 Å². The predicted octanol–water partition coefficient (Wildman–Crippen LogP) is 2.47. The largest absolute Gasteiger partial charge is 0.438 e. The first-order valence-electron chi connectivity index (χ1n) is 5.89. The summed E-state index contributed by atoms with van der Waals surface area (Å²) >= 11 is 0. The van der Waals surface area contributed by atoms with E-state index in [1.807, 2.05) is 0 Å². The molecule has 1 atom stereocenters. The molecule has 0 bridgehead atoms. The van der Waals surface area contributed by atoms with Gasteiger partial charge in [0.2, 0.25) is 0 Å². The van der Waals surface area contributed by atoms with Crippen LogP contribution in [0, 0.1) is 6.92 Å². The quantitative estimate of drug-likeness (QED) is 0.862. The Labute approximate surface area is 113 Å². The van der Waals surface area contributed by atoms with Crippen molar-refractivity contribution in [1.29, 1.82) is 0 Å². The molecule has 108 valence electrons. The Morgan fingerprint density at radius 3 is 2.60 bits per heavy atom. The van der Waals surface area contributed by atoms with Crippen molar-refractivity contribution in [3.63, 3.8) is 0 Å². The topological polar surface area (TPSA) is 52.9 Å². The van der Waals surface area contributed by atoms with E-state index < -0.39 is 24.2 Å². The molecule has 1 aromatic carbocycles. The van der Waals surface area contributed by atoms with E-state index in [1.165, 1.54) is 19.1 Å². The maximum Gasteiger partial charge on any atom is 0.438 e. The number of nitrogens with zero attached hydrogens (tertiary/aromatic N) is 2.